The minimum atomic E-state index is 0.333. The maximum absolute atomic E-state index is 5.45. The average molecular weight is 195 g/mol. The Balaban J connectivity index is 1.71. The number of fused-ring (bicyclic) bond motifs is 1. The fraction of sp³-hybridized carbons (Fsp3) is 0.900. The van der Waals surface area contributed by atoms with Crippen LogP contribution in [0, 0.1) is 11.8 Å². The largest absolute Gasteiger partial charge is 0.390 e. The van der Waals surface area contributed by atoms with Crippen LogP contribution in [0.5, 0.6) is 0 Å². The predicted molar refractivity (Wildman–Crippen MR) is 54.3 cm³/mol. The summed E-state index contributed by atoms with van der Waals surface area (Å²) >= 11 is 0. The second kappa shape index (κ2) is 3.51. The molecule has 78 valence electrons. The van der Waals surface area contributed by atoms with Crippen LogP contribution in [-0.2, 0) is 4.84 Å². The van der Waals surface area contributed by atoms with Crippen molar-refractivity contribution in [1.29, 1.82) is 0 Å². The van der Waals surface area contributed by atoms with Gasteiger partial charge >= 0.3 is 0 Å². The number of nitrogens with one attached hydrogen (secondary N) is 2. The zero-order valence-electron chi connectivity index (χ0n) is 8.33. The van der Waals surface area contributed by atoms with E-state index in [0.717, 1.165) is 26.2 Å². The summed E-state index contributed by atoms with van der Waals surface area (Å²) < 4.78 is 0. The number of hydrogen-bond donors (Lipinski definition) is 2. The highest BCUT2D eigenvalue weighted by molar-refractivity contribution is 5.90. The average Bonchev–Trinajstić information content (AvgIpc) is 2.79. The molecular weight excluding hydrogens is 178 g/mol. The standard InChI is InChI=1S/C10H17N3O/c1-3-11-4-2-7(1)10-8-5-12-6-9(8)14-13-10/h7-9,11-12H,1-6H2. The molecule has 0 spiro atoms. The molecule has 0 radical (unpaired) electrons. The Morgan fingerprint density at radius 1 is 1.14 bits per heavy atom. The van der Waals surface area contributed by atoms with Gasteiger partial charge in [-0.1, -0.05) is 5.16 Å². The molecule has 0 amide bonds. The van der Waals surface area contributed by atoms with Gasteiger partial charge in [-0.2, -0.15) is 0 Å². The summed E-state index contributed by atoms with van der Waals surface area (Å²) in [5.41, 5.74) is 1.33. The van der Waals surface area contributed by atoms with Crippen molar-refractivity contribution in [3.8, 4) is 0 Å². The fourth-order valence-corrected chi connectivity index (χ4v) is 2.75. The van der Waals surface area contributed by atoms with Gasteiger partial charge in [0, 0.05) is 19.0 Å². The smallest absolute Gasteiger partial charge is 0.149 e. The Labute approximate surface area is 84.1 Å². The van der Waals surface area contributed by atoms with E-state index in [9.17, 15) is 0 Å². The molecule has 2 fully saturated rings. The molecule has 0 aliphatic carbocycles. The minimum absolute atomic E-state index is 0.333. The van der Waals surface area contributed by atoms with Crippen LogP contribution >= 0.6 is 0 Å². The second-order valence-electron chi connectivity index (χ2n) is 4.45. The van der Waals surface area contributed by atoms with Gasteiger partial charge < -0.3 is 15.5 Å². The SMILES string of the molecule is C1CC(C2=NOC3CNCC23)CCN1. The molecule has 2 atom stereocenters. The Morgan fingerprint density at radius 3 is 2.86 bits per heavy atom. The molecule has 3 aliphatic heterocycles. The van der Waals surface area contributed by atoms with Crippen molar-refractivity contribution in [3.63, 3.8) is 0 Å². The summed E-state index contributed by atoms with van der Waals surface area (Å²) in [5, 5.41) is 11.1. The zero-order chi connectivity index (χ0) is 9.38. The van der Waals surface area contributed by atoms with Gasteiger partial charge in [0.2, 0.25) is 0 Å². The third-order valence-electron chi connectivity index (χ3n) is 3.59. The van der Waals surface area contributed by atoms with E-state index in [1.165, 1.54) is 18.6 Å². The van der Waals surface area contributed by atoms with Crippen LogP contribution in [0.15, 0.2) is 5.16 Å². The van der Waals surface area contributed by atoms with Gasteiger partial charge in [-0.25, -0.2) is 0 Å². The molecule has 0 aromatic heterocycles. The molecule has 2 unspecified atom stereocenters. The van der Waals surface area contributed by atoms with Crippen molar-refractivity contribution in [3.05, 3.63) is 0 Å². The first kappa shape index (κ1) is 8.68. The Kier molecular flexibility index (Phi) is 2.18. The molecule has 0 aromatic rings. The molecule has 14 heavy (non-hydrogen) atoms. The predicted octanol–water partition coefficient (Wildman–Crippen LogP) is -0.0398. The van der Waals surface area contributed by atoms with E-state index in [-0.39, 0.29) is 0 Å². The molecule has 3 rings (SSSR count). The van der Waals surface area contributed by atoms with Crippen LogP contribution in [0.2, 0.25) is 0 Å². The number of nitrogens with zero attached hydrogens (tertiary/aromatic N) is 1. The van der Waals surface area contributed by atoms with Crippen LogP contribution in [-0.4, -0.2) is 38.0 Å². The number of hydrogen-bond acceptors (Lipinski definition) is 4. The number of rotatable bonds is 1. The van der Waals surface area contributed by atoms with Crippen LogP contribution in [0.4, 0.5) is 0 Å². The molecule has 0 bridgehead atoms. The lowest BCUT2D eigenvalue weighted by Gasteiger charge is -2.24. The third kappa shape index (κ3) is 1.33. The van der Waals surface area contributed by atoms with Gasteiger partial charge in [0.15, 0.2) is 0 Å². The summed E-state index contributed by atoms with van der Waals surface area (Å²) in [6.07, 6.45) is 2.79. The number of piperidine rings is 1. The quantitative estimate of drug-likeness (QED) is 0.617. The fourth-order valence-electron chi connectivity index (χ4n) is 2.75. The Bertz CT molecular complexity index is 248. The second-order valence-corrected chi connectivity index (χ2v) is 4.45. The highest BCUT2D eigenvalue weighted by atomic mass is 16.6. The van der Waals surface area contributed by atoms with E-state index in [0.29, 0.717) is 17.9 Å². The van der Waals surface area contributed by atoms with Crippen molar-refractivity contribution in [2.24, 2.45) is 17.0 Å². The van der Waals surface area contributed by atoms with E-state index in [1.54, 1.807) is 0 Å². The first-order valence-electron chi connectivity index (χ1n) is 5.60. The van der Waals surface area contributed by atoms with Crippen molar-refractivity contribution in [2.45, 2.75) is 18.9 Å². The first-order chi connectivity index (χ1) is 6.95. The van der Waals surface area contributed by atoms with E-state index in [1.807, 2.05) is 0 Å². The van der Waals surface area contributed by atoms with Gasteiger partial charge in [-0.3, -0.25) is 0 Å². The lowest BCUT2D eigenvalue weighted by Crippen LogP contribution is -2.35. The van der Waals surface area contributed by atoms with E-state index in [2.05, 4.69) is 15.8 Å². The summed E-state index contributed by atoms with van der Waals surface area (Å²) in [6.45, 7) is 4.30. The van der Waals surface area contributed by atoms with Crippen molar-refractivity contribution in [2.75, 3.05) is 26.2 Å². The van der Waals surface area contributed by atoms with Gasteiger partial charge in [0.25, 0.3) is 0 Å². The topological polar surface area (TPSA) is 45.6 Å². The molecule has 2 N–H and O–H groups in total. The summed E-state index contributed by atoms with van der Waals surface area (Å²) in [6, 6.07) is 0. The lowest BCUT2D eigenvalue weighted by atomic mass is 9.85. The highest BCUT2D eigenvalue weighted by Crippen LogP contribution is 2.29. The molecule has 3 heterocycles. The first-order valence-corrected chi connectivity index (χ1v) is 5.60. The number of oxime groups is 1. The lowest BCUT2D eigenvalue weighted by molar-refractivity contribution is 0.0841. The van der Waals surface area contributed by atoms with Gasteiger partial charge in [-0.05, 0) is 25.9 Å². The maximum atomic E-state index is 5.45. The van der Waals surface area contributed by atoms with Gasteiger partial charge in [-0.15, -0.1) is 0 Å². The molecular formula is C10H17N3O. The van der Waals surface area contributed by atoms with Crippen LogP contribution in [0.1, 0.15) is 12.8 Å². The monoisotopic (exact) mass is 195 g/mol. The van der Waals surface area contributed by atoms with Crippen LogP contribution < -0.4 is 10.6 Å². The molecule has 3 aliphatic rings. The van der Waals surface area contributed by atoms with Gasteiger partial charge in [0.05, 0.1) is 11.6 Å². The molecule has 4 nitrogen and oxygen atoms in total. The van der Waals surface area contributed by atoms with E-state index < -0.39 is 0 Å². The molecule has 0 aromatic carbocycles. The van der Waals surface area contributed by atoms with Crippen molar-refractivity contribution in [1.82, 2.24) is 10.6 Å². The summed E-state index contributed by atoms with van der Waals surface area (Å²) in [7, 11) is 0. The molecule has 4 heteroatoms. The third-order valence-corrected chi connectivity index (χ3v) is 3.59. The van der Waals surface area contributed by atoms with Gasteiger partial charge in [0.1, 0.15) is 6.10 Å². The van der Waals surface area contributed by atoms with E-state index in [4.69, 9.17) is 4.84 Å². The van der Waals surface area contributed by atoms with Crippen LogP contribution in [0.3, 0.4) is 0 Å². The normalized spacial score (nSPS) is 37.9. The zero-order valence-corrected chi connectivity index (χ0v) is 8.33. The maximum Gasteiger partial charge on any atom is 0.149 e. The summed E-state index contributed by atoms with van der Waals surface area (Å²) in [5.74, 6) is 1.24. The van der Waals surface area contributed by atoms with Crippen molar-refractivity contribution < 1.29 is 4.84 Å². The Hall–Kier alpha value is -0.610. The molecule has 2 saturated heterocycles. The van der Waals surface area contributed by atoms with E-state index >= 15 is 0 Å². The van der Waals surface area contributed by atoms with Crippen LogP contribution in [0.25, 0.3) is 0 Å². The Morgan fingerprint density at radius 2 is 2.00 bits per heavy atom. The van der Waals surface area contributed by atoms with Crippen molar-refractivity contribution >= 4 is 5.71 Å². The highest BCUT2D eigenvalue weighted by Gasteiger charge is 2.41. The molecule has 0 saturated carbocycles. The minimum Gasteiger partial charge on any atom is -0.390 e. The summed E-state index contributed by atoms with van der Waals surface area (Å²) in [4.78, 5) is 5.45.